The lowest BCUT2D eigenvalue weighted by Crippen LogP contribution is -2.47. The third-order valence-electron chi connectivity index (χ3n) is 4.70. The number of fused-ring (bicyclic) bond motifs is 1. The molecule has 3 rings (SSSR count). The van der Waals surface area contributed by atoms with Gasteiger partial charge in [0, 0.05) is 17.8 Å². The van der Waals surface area contributed by atoms with Crippen LogP contribution in [-0.2, 0) is 6.54 Å². The average molecular weight is 290 g/mol. The van der Waals surface area contributed by atoms with E-state index in [-0.39, 0.29) is 5.54 Å². The normalized spacial score (nSPS) is 19.4. The van der Waals surface area contributed by atoms with Gasteiger partial charge in [-0.2, -0.15) is 5.26 Å². The zero-order valence-corrected chi connectivity index (χ0v) is 13.5. The first-order valence-corrected chi connectivity index (χ1v) is 7.87. The summed E-state index contributed by atoms with van der Waals surface area (Å²) in [5.41, 5.74) is 4.75. The lowest BCUT2D eigenvalue weighted by molar-refractivity contribution is 0.374. The number of nitrogens with zero attached hydrogens (tertiary/aromatic N) is 2. The molecule has 112 valence electrons. The van der Waals surface area contributed by atoms with Gasteiger partial charge in [0.25, 0.3) is 0 Å². The highest BCUT2D eigenvalue weighted by Gasteiger charge is 2.36. The van der Waals surface area contributed by atoms with E-state index in [4.69, 9.17) is 5.26 Å². The largest absolute Gasteiger partial charge is 0.362 e. The average Bonchev–Trinajstić information content (AvgIpc) is 2.51. The second-order valence-electron chi connectivity index (χ2n) is 6.87. The SMILES string of the molecule is C[C@H]1CC(C)(C)N(Cc2ccccc2)c2ccc(C#N)cc21. The molecule has 0 spiro atoms. The zero-order chi connectivity index (χ0) is 15.7. The van der Waals surface area contributed by atoms with Gasteiger partial charge in [-0.25, -0.2) is 0 Å². The summed E-state index contributed by atoms with van der Waals surface area (Å²) in [7, 11) is 0. The molecule has 0 saturated carbocycles. The lowest BCUT2D eigenvalue weighted by Gasteiger charge is -2.47. The molecule has 0 saturated heterocycles. The minimum absolute atomic E-state index is 0.108. The third-order valence-corrected chi connectivity index (χ3v) is 4.70. The van der Waals surface area contributed by atoms with Crippen molar-refractivity contribution in [3.8, 4) is 6.07 Å². The van der Waals surface area contributed by atoms with Crippen molar-refractivity contribution in [2.75, 3.05) is 4.90 Å². The molecule has 0 aromatic heterocycles. The van der Waals surface area contributed by atoms with E-state index < -0.39 is 0 Å². The Bertz CT molecular complexity index is 710. The second kappa shape index (κ2) is 5.50. The Balaban J connectivity index is 2.05. The van der Waals surface area contributed by atoms with E-state index in [1.54, 1.807) is 0 Å². The van der Waals surface area contributed by atoms with Gasteiger partial charge in [-0.3, -0.25) is 0 Å². The van der Waals surface area contributed by atoms with Crippen LogP contribution in [0.1, 0.15) is 49.8 Å². The molecule has 0 N–H and O–H groups in total. The van der Waals surface area contributed by atoms with Crippen molar-refractivity contribution in [1.29, 1.82) is 5.26 Å². The minimum Gasteiger partial charge on any atom is -0.362 e. The van der Waals surface area contributed by atoms with Gasteiger partial charge in [-0.15, -0.1) is 0 Å². The Morgan fingerprint density at radius 3 is 2.59 bits per heavy atom. The molecule has 2 nitrogen and oxygen atoms in total. The fourth-order valence-electron chi connectivity index (χ4n) is 3.63. The number of hydrogen-bond acceptors (Lipinski definition) is 2. The molecule has 1 aliphatic heterocycles. The van der Waals surface area contributed by atoms with Gasteiger partial charge in [0.15, 0.2) is 0 Å². The van der Waals surface area contributed by atoms with E-state index in [9.17, 15) is 0 Å². The molecule has 0 bridgehead atoms. The number of nitriles is 1. The van der Waals surface area contributed by atoms with Crippen LogP contribution in [0.25, 0.3) is 0 Å². The molecule has 2 heteroatoms. The van der Waals surface area contributed by atoms with E-state index in [1.165, 1.54) is 16.8 Å². The van der Waals surface area contributed by atoms with Crippen molar-refractivity contribution >= 4 is 5.69 Å². The molecule has 0 aliphatic carbocycles. The van der Waals surface area contributed by atoms with Gasteiger partial charge >= 0.3 is 0 Å². The summed E-state index contributed by atoms with van der Waals surface area (Å²) in [6, 6.07) is 19.0. The Morgan fingerprint density at radius 2 is 1.91 bits per heavy atom. The topological polar surface area (TPSA) is 27.0 Å². The van der Waals surface area contributed by atoms with Crippen LogP contribution in [0.2, 0.25) is 0 Å². The van der Waals surface area contributed by atoms with E-state index in [0.717, 1.165) is 18.5 Å². The second-order valence-corrected chi connectivity index (χ2v) is 6.87. The molecule has 0 fully saturated rings. The minimum atomic E-state index is 0.108. The predicted molar refractivity (Wildman–Crippen MR) is 90.9 cm³/mol. The molecule has 1 aliphatic rings. The van der Waals surface area contributed by atoms with Crippen LogP contribution in [0.15, 0.2) is 48.5 Å². The lowest BCUT2D eigenvalue weighted by atomic mass is 9.79. The van der Waals surface area contributed by atoms with Gasteiger partial charge < -0.3 is 4.90 Å². The number of benzene rings is 2. The maximum atomic E-state index is 9.17. The van der Waals surface area contributed by atoms with Crippen molar-refractivity contribution in [3.05, 3.63) is 65.2 Å². The summed E-state index contributed by atoms with van der Waals surface area (Å²) in [6.45, 7) is 7.79. The van der Waals surface area contributed by atoms with Crippen molar-refractivity contribution in [2.24, 2.45) is 0 Å². The monoisotopic (exact) mass is 290 g/mol. The van der Waals surface area contributed by atoms with Gasteiger partial charge in [0.2, 0.25) is 0 Å². The van der Waals surface area contributed by atoms with Crippen LogP contribution in [-0.4, -0.2) is 5.54 Å². The maximum Gasteiger partial charge on any atom is 0.0991 e. The number of anilines is 1. The molecule has 0 unspecified atom stereocenters. The van der Waals surface area contributed by atoms with Crippen LogP contribution in [0.4, 0.5) is 5.69 Å². The highest BCUT2D eigenvalue weighted by Crippen LogP contribution is 2.44. The highest BCUT2D eigenvalue weighted by molar-refractivity contribution is 5.62. The van der Waals surface area contributed by atoms with Crippen LogP contribution >= 0.6 is 0 Å². The van der Waals surface area contributed by atoms with Crippen LogP contribution in [0, 0.1) is 11.3 Å². The Hall–Kier alpha value is -2.27. The maximum absolute atomic E-state index is 9.17. The number of rotatable bonds is 2. The molecule has 1 atom stereocenters. The fraction of sp³-hybridized carbons (Fsp3) is 0.350. The van der Waals surface area contributed by atoms with E-state index >= 15 is 0 Å². The van der Waals surface area contributed by atoms with E-state index in [2.05, 4.69) is 74.2 Å². The van der Waals surface area contributed by atoms with Gasteiger partial charge in [-0.1, -0.05) is 37.3 Å². The summed E-state index contributed by atoms with van der Waals surface area (Å²) in [6.07, 6.45) is 1.10. The van der Waals surface area contributed by atoms with Crippen LogP contribution < -0.4 is 4.90 Å². The smallest absolute Gasteiger partial charge is 0.0991 e. The fourth-order valence-corrected chi connectivity index (χ4v) is 3.63. The first-order valence-electron chi connectivity index (χ1n) is 7.87. The van der Waals surface area contributed by atoms with Crippen molar-refractivity contribution < 1.29 is 0 Å². The molecular formula is C20H22N2. The number of hydrogen-bond donors (Lipinski definition) is 0. The molecule has 2 aromatic carbocycles. The van der Waals surface area contributed by atoms with Gasteiger partial charge in [0.1, 0.15) is 0 Å². The quantitative estimate of drug-likeness (QED) is 0.790. The Kier molecular flexibility index (Phi) is 3.66. The van der Waals surface area contributed by atoms with Crippen molar-refractivity contribution in [1.82, 2.24) is 0 Å². The summed E-state index contributed by atoms with van der Waals surface area (Å²) >= 11 is 0. The van der Waals surface area contributed by atoms with Crippen molar-refractivity contribution in [2.45, 2.75) is 45.2 Å². The zero-order valence-electron chi connectivity index (χ0n) is 13.5. The summed E-state index contributed by atoms with van der Waals surface area (Å²) < 4.78 is 0. The molecule has 0 radical (unpaired) electrons. The molecule has 0 amide bonds. The molecular weight excluding hydrogens is 268 g/mol. The first-order chi connectivity index (χ1) is 10.5. The highest BCUT2D eigenvalue weighted by atomic mass is 15.2. The predicted octanol–water partition coefficient (Wildman–Crippen LogP) is 4.85. The van der Waals surface area contributed by atoms with Gasteiger partial charge in [0.05, 0.1) is 11.6 Å². The van der Waals surface area contributed by atoms with Crippen LogP contribution in [0.3, 0.4) is 0 Å². The van der Waals surface area contributed by atoms with Gasteiger partial charge in [-0.05, 0) is 55.5 Å². The molecule has 1 heterocycles. The van der Waals surface area contributed by atoms with E-state index in [1.807, 2.05) is 6.07 Å². The Morgan fingerprint density at radius 1 is 1.18 bits per heavy atom. The standard InChI is InChI=1S/C20H22N2/c1-15-12-20(2,3)22(14-16-7-5-4-6-8-16)19-10-9-17(13-21)11-18(15)19/h4-11,15H,12,14H2,1-3H3/t15-/m0/s1. The summed E-state index contributed by atoms with van der Waals surface area (Å²) in [4.78, 5) is 2.48. The summed E-state index contributed by atoms with van der Waals surface area (Å²) in [5.74, 6) is 0.477. The summed E-state index contributed by atoms with van der Waals surface area (Å²) in [5, 5.41) is 9.17. The van der Waals surface area contributed by atoms with E-state index in [0.29, 0.717) is 5.92 Å². The molecule has 22 heavy (non-hydrogen) atoms. The Labute approximate surface area is 133 Å². The first kappa shape index (κ1) is 14.7. The van der Waals surface area contributed by atoms with Crippen molar-refractivity contribution in [3.63, 3.8) is 0 Å². The van der Waals surface area contributed by atoms with Crippen LogP contribution in [0.5, 0.6) is 0 Å². The third kappa shape index (κ3) is 2.60. The molecule has 2 aromatic rings.